The summed E-state index contributed by atoms with van der Waals surface area (Å²) >= 11 is 1.92. The molecule has 0 aliphatic carbocycles. The summed E-state index contributed by atoms with van der Waals surface area (Å²) < 4.78 is 5.24. The molecular weight excluding hydrogens is 263 g/mol. The molecule has 0 heterocycles. The van der Waals surface area contributed by atoms with Gasteiger partial charge in [0, 0.05) is 5.56 Å². The van der Waals surface area contributed by atoms with Crippen LogP contribution in [-0.2, 0) is 5.41 Å². The monoisotopic (exact) mass is 276 g/mol. The maximum Gasteiger partial charge on any atom is 0.192 e. The average Bonchev–Trinajstić information content (AvgIpc) is 2.03. The Morgan fingerprint density at radius 1 is 1.17 bits per heavy atom. The zero-order chi connectivity index (χ0) is 9.19. The van der Waals surface area contributed by atoms with Crippen LogP contribution in [0.2, 0.25) is 0 Å². The van der Waals surface area contributed by atoms with Gasteiger partial charge in [0.25, 0.3) is 0 Å². The Labute approximate surface area is 87.8 Å². The molecule has 12 heavy (non-hydrogen) atoms. The van der Waals surface area contributed by atoms with E-state index in [1.165, 1.54) is 5.56 Å². The maximum absolute atomic E-state index is 5.24. The lowest BCUT2D eigenvalue weighted by atomic mass is 9.86. The quantitative estimate of drug-likeness (QED) is 0.710. The first-order valence-corrected chi connectivity index (χ1v) is 4.82. The van der Waals surface area contributed by atoms with Gasteiger partial charge in [-0.2, -0.15) is 0 Å². The first kappa shape index (κ1) is 9.84. The van der Waals surface area contributed by atoms with Gasteiger partial charge in [-0.1, -0.05) is 39.0 Å². The Morgan fingerprint density at radius 2 is 1.75 bits per heavy atom. The molecular formula is C10H13IO. The number of para-hydroxylation sites is 1. The number of rotatable bonds is 1. The molecule has 0 aliphatic heterocycles. The van der Waals surface area contributed by atoms with Crippen molar-refractivity contribution in [3.8, 4) is 5.75 Å². The van der Waals surface area contributed by atoms with Gasteiger partial charge in [-0.3, -0.25) is 0 Å². The third-order valence-corrected chi connectivity index (χ3v) is 2.25. The number of hydrogen-bond donors (Lipinski definition) is 0. The van der Waals surface area contributed by atoms with Gasteiger partial charge in [-0.05, 0) is 11.5 Å². The zero-order valence-corrected chi connectivity index (χ0v) is 9.75. The molecule has 1 rings (SSSR count). The summed E-state index contributed by atoms with van der Waals surface area (Å²) in [6, 6.07) is 8.13. The summed E-state index contributed by atoms with van der Waals surface area (Å²) in [5, 5.41) is 0. The second-order valence-electron chi connectivity index (χ2n) is 3.82. The van der Waals surface area contributed by atoms with E-state index >= 15 is 0 Å². The van der Waals surface area contributed by atoms with Crippen LogP contribution in [0.4, 0.5) is 0 Å². The minimum atomic E-state index is 0.155. The summed E-state index contributed by atoms with van der Waals surface area (Å²) in [5.74, 6) is 0.964. The highest BCUT2D eigenvalue weighted by atomic mass is 127. The van der Waals surface area contributed by atoms with Gasteiger partial charge < -0.3 is 3.07 Å². The van der Waals surface area contributed by atoms with Crippen molar-refractivity contribution < 1.29 is 3.07 Å². The van der Waals surface area contributed by atoms with E-state index in [4.69, 9.17) is 3.07 Å². The van der Waals surface area contributed by atoms with Gasteiger partial charge in [0.15, 0.2) is 23.0 Å². The van der Waals surface area contributed by atoms with Crippen LogP contribution in [-0.4, -0.2) is 0 Å². The van der Waals surface area contributed by atoms with Gasteiger partial charge in [-0.15, -0.1) is 0 Å². The number of benzene rings is 1. The van der Waals surface area contributed by atoms with Crippen molar-refractivity contribution in [1.29, 1.82) is 0 Å². The lowest BCUT2D eigenvalue weighted by Crippen LogP contribution is -2.11. The van der Waals surface area contributed by atoms with Crippen LogP contribution in [0.5, 0.6) is 5.75 Å². The predicted octanol–water partition coefficient (Wildman–Crippen LogP) is 3.71. The Morgan fingerprint density at radius 3 is 2.17 bits per heavy atom. The fourth-order valence-corrected chi connectivity index (χ4v) is 1.54. The van der Waals surface area contributed by atoms with Crippen molar-refractivity contribution in [2.75, 3.05) is 0 Å². The standard InChI is InChI=1S/C10H13IO/c1-10(2,3)8-6-4-5-7-9(8)12-11/h4-7H,1-3H3. The molecule has 0 radical (unpaired) electrons. The molecule has 0 unspecified atom stereocenters. The van der Waals surface area contributed by atoms with E-state index in [9.17, 15) is 0 Å². The third kappa shape index (κ3) is 2.12. The van der Waals surface area contributed by atoms with Gasteiger partial charge in [0.1, 0.15) is 5.75 Å². The molecule has 0 saturated heterocycles. The first-order valence-electron chi connectivity index (χ1n) is 3.94. The van der Waals surface area contributed by atoms with Crippen LogP contribution in [0, 0.1) is 0 Å². The molecule has 0 spiro atoms. The molecule has 1 nitrogen and oxygen atoms in total. The second kappa shape index (κ2) is 3.64. The van der Waals surface area contributed by atoms with Crippen molar-refractivity contribution in [2.45, 2.75) is 26.2 Å². The van der Waals surface area contributed by atoms with Gasteiger partial charge in [-0.25, -0.2) is 0 Å². The highest BCUT2D eigenvalue weighted by Crippen LogP contribution is 2.31. The molecule has 0 aliphatic rings. The minimum absolute atomic E-state index is 0.155. The molecule has 0 N–H and O–H groups in total. The highest BCUT2D eigenvalue weighted by Gasteiger charge is 2.17. The van der Waals surface area contributed by atoms with E-state index in [-0.39, 0.29) is 5.41 Å². The molecule has 0 atom stereocenters. The average molecular weight is 276 g/mol. The van der Waals surface area contributed by atoms with E-state index in [0.717, 1.165) is 5.75 Å². The third-order valence-electron chi connectivity index (χ3n) is 1.78. The van der Waals surface area contributed by atoms with Crippen LogP contribution in [0.3, 0.4) is 0 Å². The van der Waals surface area contributed by atoms with Crippen molar-refractivity contribution >= 4 is 23.0 Å². The van der Waals surface area contributed by atoms with E-state index in [1.807, 2.05) is 41.2 Å². The summed E-state index contributed by atoms with van der Waals surface area (Å²) in [7, 11) is 0. The minimum Gasteiger partial charge on any atom is -0.427 e. The molecule has 2 heteroatoms. The Bertz CT molecular complexity index is 263. The Hall–Kier alpha value is -0.250. The van der Waals surface area contributed by atoms with E-state index in [2.05, 4.69) is 26.8 Å². The maximum atomic E-state index is 5.24. The van der Waals surface area contributed by atoms with Crippen LogP contribution >= 0.6 is 23.0 Å². The van der Waals surface area contributed by atoms with E-state index < -0.39 is 0 Å². The summed E-state index contributed by atoms with van der Waals surface area (Å²) in [4.78, 5) is 0. The fraction of sp³-hybridized carbons (Fsp3) is 0.400. The molecule has 0 saturated carbocycles. The topological polar surface area (TPSA) is 9.23 Å². The molecule has 66 valence electrons. The summed E-state index contributed by atoms with van der Waals surface area (Å²) in [6.07, 6.45) is 0. The van der Waals surface area contributed by atoms with Crippen LogP contribution in [0.25, 0.3) is 0 Å². The lowest BCUT2D eigenvalue weighted by molar-refractivity contribution is 0.562. The molecule has 0 amide bonds. The molecule has 0 bridgehead atoms. The lowest BCUT2D eigenvalue weighted by Gasteiger charge is -2.20. The van der Waals surface area contributed by atoms with E-state index in [1.54, 1.807) is 0 Å². The zero-order valence-electron chi connectivity index (χ0n) is 7.60. The molecule has 1 aromatic carbocycles. The largest absolute Gasteiger partial charge is 0.427 e. The van der Waals surface area contributed by atoms with Gasteiger partial charge >= 0.3 is 0 Å². The Balaban J connectivity index is 3.14. The SMILES string of the molecule is CC(C)(C)c1ccccc1OI. The van der Waals surface area contributed by atoms with Crippen molar-refractivity contribution in [1.82, 2.24) is 0 Å². The predicted molar refractivity (Wildman–Crippen MR) is 59.8 cm³/mol. The normalized spacial score (nSPS) is 11.3. The van der Waals surface area contributed by atoms with Crippen molar-refractivity contribution in [3.05, 3.63) is 29.8 Å². The van der Waals surface area contributed by atoms with Crippen LogP contribution < -0.4 is 3.07 Å². The number of hydrogen-bond acceptors (Lipinski definition) is 1. The molecule has 0 aromatic heterocycles. The fourth-order valence-electron chi connectivity index (χ4n) is 1.15. The van der Waals surface area contributed by atoms with Gasteiger partial charge in [0.05, 0.1) is 0 Å². The van der Waals surface area contributed by atoms with Gasteiger partial charge in [0.2, 0.25) is 0 Å². The van der Waals surface area contributed by atoms with E-state index in [0.29, 0.717) is 0 Å². The van der Waals surface area contributed by atoms with Crippen LogP contribution in [0.15, 0.2) is 24.3 Å². The molecule has 0 fully saturated rings. The Kier molecular flexibility index (Phi) is 2.99. The smallest absolute Gasteiger partial charge is 0.192 e. The first-order chi connectivity index (χ1) is 5.55. The van der Waals surface area contributed by atoms with Crippen molar-refractivity contribution in [3.63, 3.8) is 0 Å². The number of halogens is 1. The second-order valence-corrected chi connectivity index (χ2v) is 4.26. The molecule has 1 aromatic rings. The van der Waals surface area contributed by atoms with Crippen LogP contribution in [0.1, 0.15) is 26.3 Å². The summed E-state index contributed by atoms with van der Waals surface area (Å²) in [6.45, 7) is 6.55. The summed E-state index contributed by atoms with van der Waals surface area (Å²) in [5.41, 5.74) is 1.40. The highest BCUT2D eigenvalue weighted by molar-refractivity contribution is 14.1. The van der Waals surface area contributed by atoms with Crippen molar-refractivity contribution in [2.24, 2.45) is 0 Å².